The number of rotatable bonds is 17. The highest BCUT2D eigenvalue weighted by molar-refractivity contribution is 7.13. The summed E-state index contributed by atoms with van der Waals surface area (Å²) in [6.45, 7) is 17.7. The smallest absolute Gasteiger partial charge is 0.253 e. The topological polar surface area (TPSA) is 223 Å². The lowest BCUT2D eigenvalue weighted by Gasteiger charge is -2.63. The Labute approximate surface area is 430 Å². The van der Waals surface area contributed by atoms with Crippen LogP contribution in [-0.2, 0) is 25.7 Å². The highest BCUT2D eigenvalue weighted by Crippen LogP contribution is 2.55. The zero-order valence-corrected chi connectivity index (χ0v) is 43.7. The minimum atomic E-state index is -0.982. The standard InChI is InChI=1S/C53H66ClN9O8S/c1-30(31-9-11-32(12-10-31)44-40(27-64)57-29-72-44)58-47(68)41-20-37(65)26-63(41)48(69)45(51(2,3)4)59-43(66)28-70-18-17-61-24-36-19-35(61)25-62(36)42-16-14-34(23-56-42)46(67)60-49-52(5,6)50(53(49,7)8)71-38-15-13-33(22-55)39(54)21-38/h9-16,21,23,29-30,35-37,41,45,49-50,64-65H,17-20,24-28H2,1-8H3,(H,58,68)(H,59,66)(H,60,67)/t30-,35+,36+,37+,41-,45+,49?,50?/m0/s1. The second-order valence-electron chi connectivity index (χ2n) is 21.8. The van der Waals surface area contributed by atoms with Crippen LogP contribution >= 0.6 is 22.9 Å². The highest BCUT2D eigenvalue weighted by atomic mass is 35.5. The number of pyridine rings is 1. The minimum absolute atomic E-state index is 0.0368. The maximum absolute atomic E-state index is 14.2. The van der Waals surface area contributed by atoms with Gasteiger partial charge in [0.25, 0.3) is 5.91 Å². The van der Waals surface area contributed by atoms with E-state index in [0.29, 0.717) is 40.7 Å². The third kappa shape index (κ3) is 10.8. The Bertz CT molecular complexity index is 2670. The summed E-state index contributed by atoms with van der Waals surface area (Å²) in [4.78, 5) is 70.6. The molecule has 4 fully saturated rings. The van der Waals surface area contributed by atoms with E-state index >= 15 is 0 Å². The van der Waals surface area contributed by atoms with Gasteiger partial charge in [-0.2, -0.15) is 5.26 Å². The first-order valence-corrected chi connectivity index (χ1v) is 25.8. The average molecular weight is 1020 g/mol. The second kappa shape index (κ2) is 21.0. The number of benzene rings is 2. The summed E-state index contributed by atoms with van der Waals surface area (Å²) in [5, 5.41) is 39.0. The fourth-order valence-electron chi connectivity index (χ4n) is 11.4. The molecule has 5 heterocycles. The van der Waals surface area contributed by atoms with Crippen LogP contribution in [0.1, 0.15) is 101 Å². The van der Waals surface area contributed by atoms with Crippen LogP contribution in [0.25, 0.3) is 10.4 Å². The van der Waals surface area contributed by atoms with Gasteiger partial charge in [0.1, 0.15) is 42.4 Å². The maximum atomic E-state index is 14.2. The van der Waals surface area contributed by atoms with Crippen LogP contribution in [0.15, 0.2) is 66.3 Å². The number of nitrogens with one attached hydrogen (secondary N) is 3. The second-order valence-corrected chi connectivity index (χ2v) is 23.1. The lowest BCUT2D eigenvalue weighted by molar-refractivity contribution is -0.164. The predicted octanol–water partition coefficient (Wildman–Crippen LogP) is 5.48. The molecule has 17 nitrogen and oxygen atoms in total. The lowest BCUT2D eigenvalue weighted by Crippen LogP contribution is -2.74. The van der Waals surface area contributed by atoms with Gasteiger partial charge < -0.3 is 45.4 Å². The Kier molecular flexibility index (Phi) is 15.4. The summed E-state index contributed by atoms with van der Waals surface area (Å²) in [6, 6.07) is 16.5. The van der Waals surface area contributed by atoms with E-state index < -0.39 is 58.2 Å². The van der Waals surface area contributed by atoms with Crippen molar-refractivity contribution in [1.82, 2.24) is 35.7 Å². The molecule has 0 spiro atoms. The molecular formula is C53H66ClN9O8S. The van der Waals surface area contributed by atoms with E-state index in [9.17, 15) is 34.7 Å². The number of thiazole rings is 1. The summed E-state index contributed by atoms with van der Waals surface area (Å²) < 4.78 is 12.2. The molecule has 3 saturated heterocycles. The first-order valence-electron chi connectivity index (χ1n) is 24.5. The molecule has 19 heteroatoms. The quantitative estimate of drug-likeness (QED) is 0.0828. The van der Waals surface area contributed by atoms with Crippen LogP contribution in [0.4, 0.5) is 5.82 Å². The number of aliphatic hydroxyl groups excluding tert-OH is 2. The first-order chi connectivity index (χ1) is 34.1. The number of fused-ring (bicyclic) bond motifs is 2. The number of amides is 4. The Morgan fingerprint density at radius 2 is 1.71 bits per heavy atom. The molecular weight excluding hydrogens is 958 g/mol. The van der Waals surface area contributed by atoms with Crippen molar-refractivity contribution >= 4 is 52.4 Å². The number of aromatic nitrogens is 2. The van der Waals surface area contributed by atoms with Gasteiger partial charge in [-0.3, -0.25) is 24.1 Å². The Morgan fingerprint density at radius 3 is 2.33 bits per heavy atom. The molecule has 384 valence electrons. The molecule has 6 atom stereocenters. The zero-order chi connectivity index (χ0) is 51.9. The SMILES string of the molecule is C[C@H](NC(=O)[C@@H]1C[C@@H](O)CN1C(=O)[C@@H](NC(=O)COCCN1C[C@H]2C[C@@H]1CN2c1ccc(C(=O)NC2C(C)(C)C(Oc3ccc(C#N)c(Cl)c3)C2(C)C)cn1)C(C)(C)C)c1ccc(-c2scnc2CO)cc1. The molecule has 4 aliphatic rings. The molecule has 0 radical (unpaired) electrons. The number of β-amino-alcohol motifs (C(OH)–C–C–N with tert-alkyl or cyclic N) is 1. The van der Waals surface area contributed by atoms with Gasteiger partial charge in [-0.05, 0) is 54.2 Å². The van der Waals surface area contributed by atoms with E-state index in [4.69, 9.17) is 26.1 Å². The Balaban J connectivity index is 0.774. The number of hydrogen-bond donors (Lipinski definition) is 5. The molecule has 4 aromatic rings. The van der Waals surface area contributed by atoms with Crippen molar-refractivity contribution in [2.75, 3.05) is 44.3 Å². The van der Waals surface area contributed by atoms with E-state index in [1.807, 2.05) is 64.1 Å². The normalized spacial score (nSPS) is 24.0. The predicted molar refractivity (Wildman–Crippen MR) is 273 cm³/mol. The molecule has 8 rings (SSSR count). The molecule has 0 unspecified atom stereocenters. The largest absolute Gasteiger partial charge is 0.489 e. The Morgan fingerprint density at radius 1 is 0.972 bits per heavy atom. The number of likely N-dealkylation sites (tertiary alicyclic amines) is 2. The number of ether oxygens (including phenoxy) is 2. The Hall–Kier alpha value is -5.68. The van der Waals surface area contributed by atoms with Crippen molar-refractivity contribution < 1.29 is 38.9 Å². The molecule has 2 aromatic heterocycles. The molecule has 2 aromatic carbocycles. The van der Waals surface area contributed by atoms with E-state index in [-0.39, 0.29) is 56.3 Å². The monoisotopic (exact) mass is 1020 g/mol. The van der Waals surface area contributed by atoms with Crippen molar-refractivity contribution in [2.24, 2.45) is 16.2 Å². The summed E-state index contributed by atoms with van der Waals surface area (Å²) in [6.07, 6.45) is 1.53. The summed E-state index contributed by atoms with van der Waals surface area (Å²) in [7, 11) is 0. The van der Waals surface area contributed by atoms with Crippen molar-refractivity contribution in [1.29, 1.82) is 5.26 Å². The number of aliphatic hydroxyl groups is 2. The summed E-state index contributed by atoms with van der Waals surface area (Å²) in [5.74, 6) is -0.125. The van der Waals surface area contributed by atoms with E-state index in [1.165, 1.54) is 16.2 Å². The number of nitrogens with zero attached hydrogens (tertiary/aromatic N) is 6. The highest BCUT2D eigenvalue weighted by Gasteiger charge is 2.64. The number of carbonyl (C=O) groups is 4. The van der Waals surface area contributed by atoms with Crippen LogP contribution in [0.3, 0.4) is 0 Å². The van der Waals surface area contributed by atoms with Crippen molar-refractivity contribution in [2.45, 2.75) is 123 Å². The molecule has 2 bridgehead atoms. The molecule has 1 aliphatic carbocycles. The molecule has 72 heavy (non-hydrogen) atoms. The van der Waals surface area contributed by atoms with Crippen LogP contribution in [0, 0.1) is 27.6 Å². The van der Waals surface area contributed by atoms with Gasteiger partial charge >= 0.3 is 0 Å². The third-order valence-electron chi connectivity index (χ3n) is 14.9. The molecule has 1 saturated carbocycles. The lowest BCUT2D eigenvalue weighted by atomic mass is 9.49. The van der Waals surface area contributed by atoms with Gasteiger partial charge in [-0.25, -0.2) is 9.97 Å². The van der Waals surface area contributed by atoms with Crippen LogP contribution in [0.5, 0.6) is 5.75 Å². The van der Waals surface area contributed by atoms with E-state index in [0.717, 1.165) is 41.3 Å². The van der Waals surface area contributed by atoms with Gasteiger partial charge in [0.15, 0.2) is 0 Å². The maximum Gasteiger partial charge on any atom is 0.253 e. The fourth-order valence-corrected chi connectivity index (χ4v) is 12.4. The number of anilines is 1. The minimum Gasteiger partial charge on any atom is -0.489 e. The molecule has 4 amide bonds. The first kappa shape index (κ1) is 52.6. The van der Waals surface area contributed by atoms with Gasteiger partial charge in [-0.1, -0.05) is 84.3 Å². The number of halogens is 1. The summed E-state index contributed by atoms with van der Waals surface area (Å²) in [5.41, 5.74) is 3.37. The van der Waals surface area contributed by atoms with Gasteiger partial charge in [0.05, 0.1) is 57.6 Å². The van der Waals surface area contributed by atoms with Gasteiger partial charge in [-0.15, -0.1) is 11.3 Å². The number of hydrogen-bond acceptors (Lipinski definition) is 14. The number of nitriles is 1. The number of carbonyl (C=O) groups excluding carboxylic acids is 4. The van der Waals surface area contributed by atoms with Crippen molar-refractivity contribution in [3.63, 3.8) is 0 Å². The van der Waals surface area contributed by atoms with Crippen molar-refractivity contribution in [3.8, 4) is 22.3 Å². The third-order valence-corrected chi connectivity index (χ3v) is 16.2. The zero-order valence-electron chi connectivity index (χ0n) is 42.1. The summed E-state index contributed by atoms with van der Waals surface area (Å²) >= 11 is 7.70. The molecule has 3 aliphatic heterocycles. The molecule has 5 N–H and O–H groups in total. The van der Waals surface area contributed by atoms with Crippen LogP contribution in [0.2, 0.25) is 5.02 Å². The average Bonchev–Trinajstić information content (AvgIpc) is 4.17. The van der Waals surface area contributed by atoms with E-state index in [1.54, 1.807) is 29.9 Å². The fraction of sp³-hybridized carbons (Fsp3) is 0.528. The van der Waals surface area contributed by atoms with Gasteiger partial charge in [0, 0.05) is 73.8 Å². The van der Waals surface area contributed by atoms with Crippen LogP contribution < -0.4 is 25.6 Å². The van der Waals surface area contributed by atoms with Gasteiger partial charge in [0.2, 0.25) is 17.7 Å². The number of piperazine rings is 1. The van der Waals surface area contributed by atoms with Crippen LogP contribution in [-0.4, -0.2) is 135 Å². The van der Waals surface area contributed by atoms with E-state index in [2.05, 4.69) is 64.5 Å². The van der Waals surface area contributed by atoms with Crippen molar-refractivity contribution in [3.05, 3.63) is 93.7 Å².